The van der Waals surface area contributed by atoms with Crippen LogP contribution in [0.4, 0.5) is 0 Å². The van der Waals surface area contributed by atoms with Gasteiger partial charge < -0.3 is 5.73 Å². The molecule has 1 fully saturated rings. The summed E-state index contributed by atoms with van der Waals surface area (Å²) >= 11 is 0. The Hall–Kier alpha value is -0.370. The first-order valence-electron chi connectivity index (χ1n) is 4.30. The van der Waals surface area contributed by atoms with Crippen molar-refractivity contribution in [3.05, 3.63) is 0 Å². The molecule has 0 saturated heterocycles. The molecule has 1 rings (SSSR count). The number of ketones is 1. The SMILES string of the molecule is CC(C)CC1(CN)CC(=O)C1. The second kappa shape index (κ2) is 2.94. The van der Waals surface area contributed by atoms with E-state index in [2.05, 4.69) is 13.8 Å². The maximum Gasteiger partial charge on any atom is 0.134 e. The number of hydrogen-bond acceptors (Lipinski definition) is 2. The summed E-state index contributed by atoms with van der Waals surface area (Å²) in [6.45, 7) is 5.04. The highest BCUT2D eigenvalue weighted by molar-refractivity contribution is 5.86. The van der Waals surface area contributed by atoms with Crippen molar-refractivity contribution in [1.29, 1.82) is 0 Å². The molecule has 0 aliphatic heterocycles. The van der Waals surface area contributed by atoms with E-state index in [4.69, 9.17) is 5.73 Å². The molecule has 64 valence electrons. The van der Waals surface area contributed by atoms with Crippen LogP contribution in [0, 0.1) is 11.3 Å². The molecule has 0 bridgehead atoms. The predicted octanol–water partition coefficient (Wildman–Crippen LogP) is 1.34. The van der Waals surface area contributed by atoms with Gasteiger partial charge >= 0.3 is 0 Å². The average molecular weight is 155 g/mol. The number of hydrogen-bond donors (Lipinski definition) is 1. The van der Waals surface area contributed by atoms with Gasteiger partial charge in [0, 0.05) is 12.8 Å². The fraction of sp³-hybridized carbons (Fsp3) is 0.889. The lowest BCUT2D eigenvalue weighted by atomic mass is 9.64. The molecule has 11 heavy (non-hydrogen) atoms. The summed E-state index contributed by atoms with van der Waals surface area (Å²) < 4.78 is 0. The van der Waals surface area contributed by atoms with Crippen molar-refractivity contribution >= 4 is 5.78 Å². The summed E-state index contributed by atoms with van der Waals surface area (Å²) in [5, 5.41) is 0. The van der Waals surface area contributed by atoms with E-state index in [0.29, 0.717) is 18.2 Å². The Morgan fingerprint density at radius 3 is 2.36 bits per heavy atom. The van der Waals surface area contributed by atoms with Gasteiger partial charge in [0.1, 0.15) is 5.78 Å². The quantitative estimate of drug-likeness (QED) is 0.668. The molecule has 2 heteroatoms. The monoisotopic (exact) mass is 155 g/mol. The van der Waals surface area contributed by atoms with Crippen LogP contribution in [0.1, 0.15) is 33.1 Å². The van der Waals surface area contributed by atoms with E-state index in [1.165, 1.54) is 0 Å². The van der Waals surface area contributed by atoms with Crippen LogP contribution in [-0.2, 0) is 4.79 Å². The molecule has 1 aliphatic rings. The van der Waals surface area contributed by atoms with Crippen LogP contribution in [0.3, 0.4) is 0 Å². The van der Waals surface area contributed by atoms with Crippen molar-refractivity contribution in [3.8, 4) is 0 Å². The third-order valence-electron chi connectivity index (χ3n) is 2.42. The largest absolute Gasteiger partial charge is 0.330 e. The van der Waals surface area contributed by atoms with Gasteiger partial charge in [-0.25, -0.2) is 0 Å². The van der Waals surface area contributed by atoms with Crippen molar-refractivity contribution in [3.63, 3.8) is 0 Å². The molecule has 0 radical (unpaired) electrons. The molecule has 0 spiro atoms. The Morgan fingerprint density at radius 1 is 1.55 bits per heavy atom. The van der Waals surface area contributed by atoms with Crippen LogP contribution < -0.4 is 5.73 Å². The van der Waals surface area contributed by atoms with Gasteiger partial charge in [-0.05, 0) is 24.3 Å². The minimum atomic E-state index is 0.186. The summed E-state index contributed by atoms with van der Waals surface area (Å²) in [6.07, 6.45) is 2.55. The molecule has 0 aromatic heterocycles. The molecular weight excluding hydrogens is 138 g/mol. The smallest absolute Gasteiger partial charge is 0.134 e. The first-order chi connectivity index (χ1) is 5.08. The van der Waals surface area contributed by atoms with Crippen LogP contribution in [0.2, 0.25) is 0 Å². The van der Waals surface area contributed by atoms with Gasteiger partial charge in [-0.3, -0.25) is 4.79 Å². The predicted molar refractivity (Wildman–Crippen MR) is 45.2 cm³/mol. The first-order valence-corrected chi connectivity index (χ1v) is 4.30. The van der Waals surface area contributed by atoms with Crippen molar-refractivity contribution in [2.75, 3.05) is 6.54 Å². The van der Waals surface area contributed by atoms with Gasteiger partial charge in [-0.2, -0.15) is 0 Å². The van der Waals surface area contributed by atoms with E-state index < -0.39 is 0 Å². The maximum absolute atomic E-state index is 10.8. The van der Waals surface area contributed by atoms with E-state index in [9.17, 15) is 4.79 Å². The normalized spacial score (nSPS) is 22.0. The van der Waals surface area contributed by atoms with E-state index in [-0.39, 0.29) is 5.41 Å². The average Bonchev–Trinajstić information content (AvgIpc) is 1.82. The minimum Gasteiger partial charge on any atom is -0.330 e. The molecule has 0 aromatic rings. The minimum absolute atomic E-state index is 0.186. The number of nitrogens with two attached hydrogens (primary N) is 1. The molecule has 1 aliphatic carbocycles. The van der Waals surface area contributed by atoms with E-state index in [1.807, 2.05) is 0 Å². The van der Waals surface area contributed by atoms with Crippen molar-refractivity contribution in [2.45, 2.75) is 33.1 Å². The lowest BCUT2D eigenvalue weighted by molar-refractivity contribution is -0.133. The first kappa shape index (κ1) is 8.72. The highest BCUT2D eigenvalue weighted by Gasteiger charge is 2.42. The number of Topliss-reactive ketones (excluding diaryl/α,β-unsaturated/α-hetero) is 1. The second-order valence-corrected chi connectivity index (χ2v) is 4.19. The highest BCUT2D eigenvalue weighted by atomic mass is 16.1. The Bertz CT molecular complexity index is 155. The molecule has 1 saturated carbocycles. The second-order valence-electron chi connectivity index (χ2n) is 4.19. The lowest BCUT2D eigenvalue weighted by Gasteiger charge is -2.40. The van der Waals surface area contributed by atoms with Crippen LogP contribution in [-0.4, -0.2) is 12.3 Å². The third kappa shape index (κ3) is 1.80. The van der Waals surface area contributed by atoms with Gasteiger partial charge in [-0.15, -0.1) is 0 Å². The molecule has 2 nitrogen and oxygen atoms in total. The highest BCUT2D eigenvalue weighted by Crippen LogP contribution is 2.42. The zero-order valence-electron chi connectivity index (χ0n) is 7.39. The maximum atomic E-state index is 10.8. The Balaban J connectivity index is 2.44. The van der Waals surface area contributed by atoms with Crippen LogP contribution in [0.25, 0.3) is 0 Å². The molecule has 0 atom stereocenters. The standard InChI is InChI=1S/C9H17NO/c1-7(2)3-9(6-10)4-8(11)5-9/h7H,3-6,10H2,1-2H3. The third-order valence-corrected chi connectivity index (χ3v) is 2.42. The number of rotatable bonds is 3. The van der Waals surface area contributed by atoms with Crippen molar-refractivity contribution < 1.29 is 4.79 Å². The van der Waals surface area contributed by atoms with Gasteiger partial charge in [0.2, 0.25) is 0 Å². The van der Waals surface area contributed by atoms with E-state index >= 15 is 0 Å². The summed E-state index contributed by atoms with van der Waals surface area (Å²) in [7, 11) is 0. The molecule has 0 unspecified atom stereocenters. The van der Waals surface area contributed by atoms with Crippen LogP contribution >= 0.6 is 0 Å². The fourth-order valence-corrected chi connectivity index (χ4v) is 2.02. The fourth-order valence-electron chi connectivity index (χ4n) is 2.02. The van der Waals surface area contributed by atoms with E-state index in [0.717, 1.165) is 19.3 Å². The van der Waals surface area contributed by atoms with Crippen LogP contribution in [0.15, 0.2) is 0 Å². The number of carbonyl (C=O) groups excluding carboxylic acids is 1. The zero-order chi connectivity index (χ0) is 8.48. The van der Waals surface area contributed by atoms with Crippen LogP contribution in [0.5, 0.6) is 0 Å². The van der Waals surface area contributed by atoms with Crippen molar-refractivity contribution in [2.24, 2.45) is 17.1 Å². The van der Waals surface area contributed by atoms with E-state index in [1.54, 1.807) is 0 Å². The van der Waals surface area contributed by atoms with Gasteiger partial charge in [-0.1, -0.05) is 13.8 Å². The summed E-state index contributed by atoms with van der Waals surface area (Å²) in [5.74, 6) is 1.04. The van der Waals surface area contributed by atoms with Crippen molar-refractivity contribution in [1.82, 2.24) is 0 Å². The number of carbonyl (C=O) groups is 1. The molecule has 0 amide bonds. The van der Waals surface area contributed by atoms with Gasteiger partial charge in [0.15, 0.2) is 0 Å². The Labute approximate surface area is 68.2 Å². The molecule has 0 heterocycles. The molecule has 2 N–H and O–H groups in total. The van der Waals surface area contributed by atoms with Gasteiger partial charge in [0.05, 0.1) is 0 Å². The topological polar surface area (TPSA) is 43.1 Å². The Morgan fingerprint density at radius 2 is 2.09 bits per heavy atom. The molecule has 0 aromatic carbocycles. The lowest BCUT2D eigenvalue weighted by Crippen LogP contribution is -2.44. The summed E-state index contributed by atoms with van der Waals surface area (Å²) in [4.78, 5) is 10.8. The van der Waals surface area contributed by atoms with Gasteiger partial charge in [0.25, 0.3) is 0 Å². The summed E-state index contributed by atoms with van der Waals surface area (Å²) in [6, 6.07) is 0. The molecular formula is C9H17NO. The Kier molecular flexibility index (Phi) is 2.33. The summed E-state index contributed by atoms with van der Waals surface area (Å²) in [5.41, 5.74) is 5.81. The zero-order valence-corrected chi connectivity index (χ0v) is 7.39.